The van der Waals surface area contributed by atoms with Gasteiger partial charge in [-0.1, -0.05) is 6.07 Å². The van der Waals surface area contributed by atoms with Crippen LogP contribution in [-0.2, 0) is 17.1 Å². The smallest absolute Gasteiger partial charge is 0.256 e. The van der Waals surface area contributed by atoms with Crippen LogP contribution in [0.1, 0.15) is 23.2 Å². The van der Waals surface area contributed by atoms with Crippen LogP contribution in [0.25, 0.3) is 10.9 Å². The Morgan fingerprint density at radius 1 is 1.04 bits per heavy atom. The second kappa shape index (κ2) is 6.74. The summed E-state index contributed by atoms with van der Waals surface area (Å²) in [5.74, 6) is -0.00261. The fraction of sp³-hybridized carbons (Fsp3) is 0.250. The van der Waals surface area contributed by atoms with Gasteiger partial charge in [-0.3, -0.25) is 9.10 Å². The van der Waals surface area contributed by atoms with Crippen molar-refractivity contribution in [2.24, 2.45) is 7.05 Å². The molecular formula is C20H21N3O3S. The number of hydrogen-bond acceptors (Lipinski definition) is 3. The molecule has 6 nitrogen and oxygen atoms in total. The van der Waals surface area contributed by atoms with Gasteiger partial charge in [0.1, 0.15) is 0 Å². The van der Waals surface area contributed by atoms with Crippen LogP contribution in [0.2, 0.25) is 0 Å². The first kappa shape index (κ1) is 17.6. The first-order valence-electron chi connectivity index (χ1n) is 8.91. The standard InChI is InChI=1S/C20H21N3O3S/c1-22-13-11-17-18(5-4-6-19(17)22)20(24)21-15-7-9-16(10-8-15)23-12-2-3-14-27(23,25)26/h4-11,13H,2-3,12,14H2,1H3,(H,21,24). The van der Waals surface area contributed by atoms with Crippen molar-refractivity contribution < 1.29 is 13.2 Å². The third-order valence-electron chi connectivity index (χ3n) is 4.93. The van der Waals surface area contributed by atoms with E-state index in [0.29, 0.717) is 29.9 Å². The monoisotopic (exact) mass is 383 g/mol. The van der Waals surface area contributed by atoms with Crippen molar-refractivity contribution in [3.8, 4) is 0 Å². The van der Waals surface area contributed by atoms with Crippen molar-refractivity contribution in [2.45, 2.75) is 12.8 Å². The molecular weight excluding hydrogens is 362 g/mol. The van der Waals surface area contributed by atoms with Crippen molar-refractivity contribution in [3.05, 3.63) is 60.3 Å². The number of benzene rings is 2. The number of fused-ring (bicyclic) bond motifs is 1. The fourth-order valence-corrected chi connectivity index (χ4v) is 5.13. The maximum atomic E-state index is 12.7. The summed E-state index contributed by atoms with van der Waals surface area (Å²) in [6, 6.07) is 14.5. The summed E-state index contributed by atoms with van der Waals surface area (Å²) < 4.78 is 27.8. The molecule has 0 aliphatic carbocycles. The van der Waals surface area contributed by atoms with Gasteiger partial charge >= 0.3 is 0 Å². The lowest BCUT2D eigenvalue weighted by atomic mass is 10.1. The van der Waals surface area contributed by atoms with Gasteiger partial charge in [-0.2, -0.15) is 0 Å². The average Bonchev–Trinajstić information content (AvgIpc) is 3.03. The minimum atomic E-state index is -3.23. The van der Waals surface area contributed by atoms with E-state index in [2.05, 4.69) is 5.32 Å². The van der Waals surface area contributed by atoms with Crippen LogP contribution in [0.15, 0.2) is 54.7 Å². The minimum absolute atomic E-state index is 0.187. The van der Waals surface area contributed by atoms with Crippen LogP contribution in [0, 0.1) is 0 Å². The Morgan fingerprint density at radius 2 is 1.81 bits per heavy atom. The van der Waals surface area contributed by atoms with Crippen LogP contribution in [-0.4, -0.2) is 31.2 Å². The van der Waals surface area contributed by atoms with Crippen molar-refractivity contribution >= 4 is 38.2 Å². The molecule has 0 spiro atoms. The third-order valence-corrected chi connectivity index (χ3v) is 6.80. The molecule has 27 heavy (non-hydrogen) atoms. The zero-order valence-corrected chi connectivity index (χ0v) is 15.9. The van der Waals surface area contributed by atoms with Gasteiger partial charge in [0.25, 0.3) is 5.91 Å². The van der Waals surface area contributed by atoms with Gasteiger partial charge in [0, 0.05) is 41.9 Å². The molecule has 4 rings (SSSR count). The quantitative estimate of drug-likeness (QED) is 0.754. The highest BCUT2D eigenvalue weighted by Gasteiger charge is 2.25. The second-order valence-corrected chi connectivity index (χ2v) is 8.77. The molecule has 0 bridgehead atoms. The van der Waals surface area contributed by atoms with E-state index in [9.17, 15) is 13.2 Å². The summed E-state index contributed by atoms with van der Waals surface area (Å²) in [5.41, 5.74) is 2.87. The highest BCUT2D eigenvalue weighted by atomic mass is 32.2. The number of anilines is 2. The molecule has 0 atom stereocenters. The Hall–Kier alpha value is -2.80. The summed E-state index contributed by atoms with van der Waals surface area (Å²) in [5, 5.41) is 3.79. The number of nitrogens with one attached hydrogen (secondary N) is 1. The largest absolute Gasteiger partial charge is 0.351 e. The normalized spacial score (nSPS) is 16.4. The summed E-state index contributed by atoms with van der Waals surface area (Å²) in [6.45, 7) is 0.504. The first-order valence-corrected chi connectivity index (χ1v) is 10.5. The average molecular weight is 383 g/mol. The van der Waals surface area contributed by atoms with E-state index in [1.807, 2.05) is 36.0 Å². The van der Waals surface area contributed by atoms with E-state index in [1.54, 1.807) is 30.3 Å². The van der Waals surface area contributed by atoms with Crippen LogP contribution in [0.5, 0.6) is 0 Å². The zero-order valence-electron chi connectivity index (χ0n) is 15.1. The SMILES string of the molecule is Cn1ccc2c(C(=O)Nc3ccc(N4CCCCS4(=O)=O)cc3)cccc21. The van der Waals surface area contributed by atoms with Crippen molar-refractivity contribution in [3.63, 3.8) is 0 Å². The number of rotatable bonds is 3. The summed E-state index contributed by atoms with van der Waals surface area (Å²) in [6.07, 6.45) is 3.49. The van der Waals surface area contributed by atoms with Gasteiger partial charge in [-0.25, -0.2) is 8.42 Å². The highest BCUT2D eigenvalue weighted by Crippen LogP contribution is 2.26. The molecule has 7 heteroatoms. The number of aromatic nitrogens is 1. The number of nitrogens with zero attached hydrogens (tertiary/aromatic N) is 2. The first-order chi connectivity index (χ1) is 13.0. The van der Waals surface area contributed by atoms with E-state index < -0.39 is 10.0 Å². The molecule has 1 amide bonds. The lowest BCUT2D eigenvalue weighted by molar-refractivity contribution is 0.102. The Morgan fingerprint density at radius 3 is 2.56 bits per heavy atom. The summed E-state index contributed by atoms with van der Waals surface area (Å²) in [4.78, 5) is 12.7. The molecule has 1 N–H and O–H groups in total. The summed E-state index contributed by atoms with van der Waals surface area (Å²) in [7, 11) is -1.29. The Balaban J connectivity index is 1.55. The lowest BCUT2D eigenvalue weighted by Crippen LogP contribution is -2.37. The van der Waals surface area contributed by atoms with Gasteiger partial charge in [0.2, 0.25) is 10.0 Å². The number of carbonyl (C=O) groups excluding carboxylic acids is 1. The highest BCUT2D eigenvalue weighted by molar-refractivity contribution is 7.92. The maximum Gasteiger partial charge on any atom is 0.256 e. The molecule has 3 aromatic rings. The Bertz CT molecular complexity index is 1100. The molecule has 1 aliphatic heterocycles. The van der Waals surface area contributed by atoms with Crippen LogP contribution in [0.3, 0.4) is 0 Å². The molecule has 1 saturated heterocycles. The maximum absolute atomic E-state index is 12.7. The van der Waals surface area contributed by atoms with Gasteiger partial charge in [-0.15, -0.1) is 0 Å². The van der Waals surface area contributed by atoms with Crippen molar-refractivity contribution in [1.29, 1.82) is 0 Å². The van der Waals surface area contributed by atoms with E-state index >= 15 is 0 Å². The lowest BCUT2D eigenvalue weighted by Gasteiger charge is -2.28. The van der Waals surface area contributed by atoms with Crippen molar-refractivity contribution in [1.82, 2.24) is 4.57 Å². The number of sulfonamides is 1. The molecule has 0 saturated carbocycles. The van der Waals surface area contributed by atoms with Gasteiger partial charge in [0.15, 0.2) is 0 Å². The molecule has 1 aliphatic rings. The van der Waals surface area contributed by atoms with E-state index in [0.717, 1.165) is 17.3 Å². The predicted molar refractivity (Wildman–Crippen MR) is 108 cm³/mol. The second-order valence-electron chi connectivity index (χ2n) is 6.76. The molecule has 1 aromatic heterocycles. The van der Waals surface area contributed by atoms with E-state index in [1.165, 1.54) is 4.31 Å². The van der Waals surface area contributed by atoms with Gasteiger partial charge in [-0.05, 0) is 55.3 Å². The molecule has 2 aromatic carbocycles. The van der Waals surface area contributed by atoms with Gasteiger partial charge < -0.3 is 9.88 Å². The number of amides is 1. The molecule has 2 heterocycles. The molecule has 0 radical (unpaired) electrons. The van der Waals surface area contributed by atoms with Gasteiger partial charge in [0.05, 0.1) is 11.4 Å². The minimum Gasteiger partial charge on any atom is -0.351 e. The number of carbonyl (C=O) groups is 1. The summed E-state index contributed by atoms with van der Waals surface area (Å²) >= 11 is 0. The number of aryl methyl sites for hydroxylation is 1. The molecule has 0 unspecified atom stereocenters. The van der Waals surface area contributed by atoms with Crippen LogP contribution in [0.4, 0.5) is 11.4 Å². The van der Waals surface area contributed by atoms with Crippen LogP contribution < -0.4 is 9.62 Å². The number of hydrogen-bond donors (Lipinski definition) is 1. The van der Waals surface area contributed by atoms with Crippen LogP contribution >= 0.6 is 0 Å². The predicted octanol–water partition coefficient (Wildman–Crippen LogP) is 3.36. The Kier molecular flexibility index (Phi) is 4.39. The topological polar surface area (TPSA) is 71.4 Å². The third kappa shape index (κ3) is 3.30. The molecule has 140 valence electrons. The molecule has 1 fully saturated rings. The fourth-order valence-electron chi connectivity index (χ4n) is 3.49. The zero-order chi connectivity index (χ0) is 19.0. The Labute approximate surface area is 158 Å². The van der Waals surface area contributed by atoms with E-state index in [4.69, 9.17) is 0 Å². The van der Waals surface area contributed by atoms with E-state index in [-0.39, 0.29) is 11.7 Å². The van der Waals surface area contributed by atoms with Crippen molar-refractivity contribution in [2.75, 3.05) is 21.9 Å².